The maximum absolute atomic E-state index is 12.8. The van der Waals surface area contributed by atoms with Crippen LogP contribution in [0.25, 0.3) is 11.0 Å². The van der Waals surface area contributed by atoms with Crippen LogP contribution in [0.5, 0.6) is 11.5 Å². The number of aromatic amines is 2. The molecule has 1 aliphatic rings. The Kier molecular flexibility index (Phi) is 5.02. The molecular weight excluding hydrogens is 404 g/mol. The second-order valence-corrected chi connectivity index (χ2v) is 7.44. The topological polar surface area (TPSA) is 158 Å². The highest BCUT2D eigenvalue weighted by atomic mass is 16.5. The number of nitrogens with one attached hydrogen (secondary N) is 2. The van der Waals surface area contributed by atoms with Crippen LogP contribution in [0.1, 0.15) is 54.4 Å². The van der Waals surface area contributed by atoms with Crippen LogP contribution in [-0.4, -0.2) is 41.2 Å². The lowest BCUT2D eigenvalue weighted by atomic mass is 9.93. The molecule has 0 bridgehead atoms. The molecule has 0 aliphatic heterocycles. The Hall–Kier alpha value is -3.83. The standard InChI is InChI=1S/C19H20N8O4/c1-10-17(11-4-2-3-5-11)19(28)31-14-7-12(29-8-15-20-24-25-21-15)6-13(18(10)14)30-9-16-22-26-27-23-16/h6-7,11H,2-5,8-9H2,1H3,(H,20,21,24,25)(H,22,23,26,27). The van der Waals surface area contributed by atoms with Crippen LogP contribution in [0, 0.1) is 6.92 Å². The van der Waals surface area contributed by atoms with Gasteiger partial charge in [0.05, 0.1) is 5.39 Å². The SMILES string of the molecule is Cc1c(C2CCCC2)c(=O)oc2cc(OCc3nn[nH]n3)cc(OCc3nn[nH]n3)c12. The molecule has 0 atom stereocenters. The number of benzene rings is 1. The van der Waals surface area contributed by atoms with Gasteiger partial charge in [0, 0.05) is 17.7 Å². The summed E-state index contributed by atoms with van der Waals surface area (Å²) < 4.78 is 17.5. The van der Waals surface area contributed by atoms with Gasteiger partial charge in [0.1, 0.15) is 17.1 Å². The van der Waals surface area contributed by atoms with Gasteiger partial charge in [-0.3, -0.25) is 0 Å². The van der Waals surface area contributed by atoms with Crippen molar-refractivity contribution in [2.75, 3.05) is 0 Å². The fourth-order valence-electron chi connectivity index (χ4n) is 4.12. The van der Waals surface area contributed by atoms with E-state index in [4.69, 9.17) is 13.9 Å². The zero-order chi connectivity index (χ0) is 21.2. The van der Waals surface area contributed by atoms with E-state index in [0.717, 1.165) is 42.2 Å². The highest BCUT2D eigenvalue weighted by Gasteiger charge is 2.26. The summed E-state index contributed by atoms with van der Waals surface area (Å²) in [5, 5.41) is 28.1. The molecule has 0 radical (unpaired) electrons. The van der Waals surface area contributed by atoms with Gasteiger partial charge in [-0.25, -0.2) is 4.79 Å². The maximum Gasteiger partial charge on any atom is 0.340 e. The number of tetrazole rings is 2. The predicted octanol–water partition coefficient (Wildman–Crippen LogP) is 1.94. The molecule has 160 valence electrons. The molecule has 5 rings (SSSR count). The lowest BCUT2D eigenvalue weighted by Crippen LogP contribution is -2.14. The lowest BCUT2D eigenvalue weighted by molar-refractivity contribution is 0.282. The van der Waals surface area contributed by atoms with Crippen molar-refractivity contribution in [3.8, 4) is 11.5 Å². The summed E-state index contributed by atoms with van der Waals surface area (Å²) in [7, 11) is 0. The molecule has 0 saturated heterocycles. The lowest BCUT2D eigenvalue weighted by Gasteiger charge is -2.16. The van der Waals surface area contributed by atoms with Crippen LogP contribution < -0.4 is 15.1 Å². The number of aromatic nitrogens is 8. The number of nitrogens with zero attached hydrogens (tertiary/aromatic N) is 6. The van der Waals surface area contributed by atoms with E-state index in [0.29, 0.717) is 28.7 Å². The zero-order valence-corrected chi connectivity index (χ0v) is 16.8. The summed E-state index contributed by atoms with van der Waals surface area (Å²) in [6.07, 6.45) is 4.21. The van der Waals surface area contributed by atoms with Gasteiger partial charge < -0.3 is 13.9 Å². The minimum Gasteiger partial charge on any atom is -0.485 e. The van der Waals surface area contributed by atoms with Gasteiger partial charge in [0.2, 0.25) is 11.6 Å². The van der Waals surface area contributed by atoms with E-state index in [1.165, 1.54) is 0 Å². The number of hydrogen-bond donors (Lipinski definition) is 2. The smallest absolute Gasteiger partial charge is 0.340 e. The third-order valence-electron chi connectivity index (χ3n) is 5.51. The average Bonchev–Trinajstić information content (AvgIpc) is 3.54. The monoisotopic (exact) mass is 424 g/mol. The number of hydrogen-bond acceptors (Lipinski definition) is 10. The minimum atomic E-state index is -0.309. The van der Waals surface area contributed by atoms with E-state index in [1.54, 1.807) is 12.1 Å². The van der Waals surface area contributed by atoms with E-state index in [2.05, 4.69) is 41.2 Å². The van der Waals surface area contributed by atoms with Gasteiger partial charge in [-0.2, -0.15) is 10.4 Å². The molecule has 1 saturated carbocycles. The molecule has 1 fully saturated rings. The molecule has 31 heavy (non-hydrogen) atoms. The first-order chi connectivity index (χ1) is 15.2. The maximum atomic E-state index is 12.8. The molecule has 4 aromatic rings. The first-order valence-corrected chi connectivity index (χ1v) is 10.0. The summed E-state index contributed by atoms with van der Waals surface area (Å²) in [5.74, 6) is 1.95. The van der Waals surface area contributed by atoms with Crippen molar-refractivity contribution in [2.24, 2.45) is 0 Å². The minimum absolute atomic E-state index is 0.0929. The number of H-pyrrole nitrogens is 2. The number of ether oxygens (including phenoxy) is 2. The highest BCUT2D eigenvalue weighted by Crippen LogP contribution is 2.40. The second kappa shape index (κ2) is 8.13. The van der Waals surface area contributed by atoms with E-state index in [9.17, 15) is 4.79 Å². The Morgan fingerprint density at radius 3 is 2.35 bits per heavy atom. The zero-order valence-electron chi connectivity index (χ0n) is 16.8. The normalized spacial score (nSPS) is 14.4. The van der Waals surface area contributed by atoms with E-state index in [1.807, 2.05) is 6.92 Å². The van der Waals surface area contributed by atoms with E-state index < -0.39 is 0 Å². The molecular formula is C19H20N8O4. The van der Waals surface area contributed by atoms with Crippen molar-refractivity contribution in [1.29, 1.82) is 0 Å². The molecule has 0 amide bonds. The highest BCUT2D eigenvalue weighted by molar-refractivity contribution is 5.89. The number of aryl methyl sites for hydroxylation is 1. The van der Waals surface area contributed by atoms with Crippen LogP contribution in [0.2, 0.25) is 0 Å². The van der Waals surface area contributed by atoms with Crippen molar-refractivity contribution in [3.63, 3.8) is 0 Å². The predicted molar refractivity (Wildman–Crippen MR) is 105 cm³/mol. The molecule has 12 heteroatoms. The van der Waals surface area contributed by atoms with Gasteiger partial charge in [-0.05, 0) is 31.2 Å². The fourth-order valence-corrected chi connectivity index (χ4v) is 4.12. The number of fused-ring (bicyclic) bond motifs is 1. The quantitative estimate of drug-likeness (QED) is 0.420. The van der Waals surface area contributed by atoms with Gasteiger partial charge in [-0.15, -0.1) is 20.4 Å². The van der Waals surface area contributed by atoms with Gasteiger partial charge >= 0.3 is 5.63 Å². The Labute approximate surface area is 175 Å². The largest absolute Gasteiger partial charge is 0.485 e. The van der Waals surface area contributed by atoms with Crippen LogP contribution in [-0.2, 0) is 13.2 Å². The summed E-state index contributed by atoms with van der Waals surface area (Å²) in [6, 6.07) is 3.41. The van der Waals surface area contributed by atoms with Crippen molar-refractivity contribution in [1.82, 2.24) is 41.2 Å². The van der Waals surface area contributed by atoms with Crippen LogP contribution in [0.4, 0.5) is 0 Å². The van der Waals surface area contributed by atoms with E-state index in [-0.39, 0.29) is 24.8 Å². The third kappa shape index (κ3) is 3.83. The average molecular weight is 424 g/mol. The van der Waals surface area contributed by atoms with Crippen molar-refractivity contribution < 1.29 is 13.9 Å². The van der Waals surface area contributed by atoms with Gasteiger partial charge in [0.15, 0.2) is 13.2 Å². The molecule has 0 unspecified atom stereocenters. The third-order valence-corrected chi connectivity index (χ3v) is 5.51. The Balaban J connectivity index is 1.56. The summed E-state index contributed by atoms with van der Waals surface area (Å²) >= 11 is 0. The molecule has 1 aromatic carbocycles. The van der Waals surface area contributed by atoms with Crippen LogP contribution >= 0.6 is 0 Å². The van der Waals surface area contributed by atoms with Crippen LogP contribution in [0.3, 0.4) is 0 Å². The van der Waals surface area contributed by atoms with Crippen LogP contribution in [0.15, 0.2) is 21.3 Å². The van der Waals surface area contributed by atoms with Gasteiger partial charge in [0.25, 0.3) is 0 Å². The van der Waals surface area contributed by atoms with Crippen molar-refractivity contribution in [2.45, 2.75) is 51.7 Å². The first kappa shape index (κ1) is 19.2. The van der Waals surface area contributed by atoms with E-state index >= 15 is 0 Å². The Morgan fingerprint density at radius 1 is 1.03 bits per heavy atom. The fraction of sp³-hybridized carbons (Fsp3) is 0.421. The van der Waals surface area contributed by atoms with Crippen molar-refractivity contribution in [3.05, 3.63) is 45.3 Å². The second-order valence-electron chi connectivity index (χ2n) is 7.44. The molecule has 2 N–H and O–H groups in total. The van der Waals surface area contributed by atoms with Gasteiger partial charge in [-0.1, -0.05) is 23.3 Å². The summed E-state index contributed by atoms with van der Waals surface area (Å²) in [6.45, 7) is 2.13. The Bertz CT molecular complexity index is 1230. The summed E-state index contributed by atoms with van der Waals surface area (Å²) in [5.41, 5.74) is 1.68. The Morgan fingerprint density at radius 2 is 1.71 bits per heavy atom. The number of rotatable bonds is 7. The first-order valence-electron chi connectivity index (χ1n) is 10.0. The molecule has 3 aromatic heterocycles. The molecule has 0 spiro atoms. The molecule has 12 nitrogen and oxygen atoms in total. The molecule has 3 heterocycles. The summed E-state index contributed by atoms with van der Waals surface area (Å²) in [4.78, 5) is 12.8. The van der Waals surface area contributed by atoms with Crippen molar-refractivity contribution >= 4 is 11.0 Å². The molecule has 1 aliphatic carbocycles.